The summed E-state index contributed by atoms with van der Waals surface area (Å²) < 4.78 is 0. The highest BCUT2D eigenvalue weighted by molar-refractivity contribution is 5.78. The van der Waals surface area contributed by atoms with E-state index in [0.717, 1.165) is 11.3 Å². The first-order valence-corrected chi connectivity index (χ1v) is 5.54. The number of hydrogen-bond acceptors (Lipinski definition) is 2. The van der Waals surface area contributed by atoms with E-state index < -0.39 is 12.0 Å². The predicted molar refractivity (Wildman–Crippen MR) is 66.0 cm³/mol. The summed E-state index contributed by atoms with van der Waals surface area (Å²) in [4.78, 5) is 12.9. The summed E-state index contributed by atoms with van der Waals surface area (Å²) in [5, 5.41) is 9.06. The van der Waals surface area contributed by atoms with Gasteiger partial charge in [0, 0.05) is 12.2 Å². The van der Waals surface area contributed by atoms with Gasteiger partial charge in [-0.05, 0) is 44.9 Å². The van der Waals surface area contributed by atoms with Gasteiger partial charge in [0.05, 0.1) is 0 Å². The lowest BCUT2D eigenvalue weighted by Gasteiger charge is -2.29. The Hall–Kier alpha value is -1.51. The zero-order chi connectivity index (χ0) is 12.3. The fourth-order valence-corrected chi connectivity index (χ4v) is 1.83. The fourth-order valence-electron chi connectivity index (χ4n) is 1.83. The molecule has 1 aromatic rings. The first-order valence-electron chi connectivity index (χ1n) is 5.54. The van der Waals surface area contributed by atoms with Crippen molar-refractivity contribution in [1.82, 2.24) is 0 Å². The van der Waals surface area contributed by atoms with Crippen molar-refractivity contribution >= 4 is 11.7 Å². The number of aryl methyl sites for hydroxylation is 1. The third-order valence-corrected chi connectivity index (χ3v) is 3.05. The van der Waals surface area contributed by atoms with Crippen LogP contribution < -0.4 is 4.90 Å². The van der Waals surface area contributed by atoms with E-state index >= 15 is 0 Å². The quantitative estimate of drug-likeness (QED) is 0.849. The van der Waals surface area contributed by atoms with E-state index in [1.807, 2.05) is 43.9 Å². The lowest BCUT2D eigenvalue weighted by Crippen LogP contribution is -2.39. The maximum atomic E-state index is 11.0. The SMILES string of the molecule is CCN(c1cccc(C)c1C)[C@@H](C)C(=O)O. The maximum absolute atomic E-state index is 11.0. The minimum Gasteiger partial charge on any atom is -0.480 e. The molecule has 16 heavy (non-hydrogen) atoms. The number of carboxylic acids is 1. The van der Waals surface area contributed by atoms with E-state index in [1.165, 1.54) is 5.56 Å². The Balaban J connectivity index is 3.13. The van der Waals surface area contributed by atoms with Gasteiger partial charge in [-0.1, -0.05) is 12.1 Å². The van der Waals surface area contributed by atoms with Crippen LogP contribution in [0, 0.1) is 13.8 Å². The van der Waals surface area contributed by atoms with Gasteiger partial charge in [-0.15, -0.1) is 0 Å². The van der Waals surface area contributed by atoms with Gasteiger partial charge in [0.15, 0.2) is 0 Å². The largest absolute Gasteiger partial charge is 0.480 e. The first kappa shape index (κ1) is 12.6. The third kappa shape index (κ3) is 2.35. The summed E-state index contributed by atoms with van der Waals surface area (Å²) in [6.45, 7) is 8.45. The average molecular weight is 221 g/mol. The number of benzene rings is 1. The van der Waals surface area contributed by atoms with E-state index in [4.69, 9.17) is 5.11 Å². The van der Waals surface area contributed by atoms with Crippen LogP contribution in [0.25, 0.3) is 0 Å². The normalized spacial score (nSPS) is 12.2. The lowest BCUT2D eigenvalue weighted by atomic mass is 10.1. The molecular weight excluding hydrogens is 202 g/mol. The number of carbonyl (C=O) groups is 1. The van der Waals surface area contributed by atoms with Crippen molar-refractivity contribution in [1.29, 1.82) is 0 Å². The Bertz CT molecular complexity index is 388. The molecule has 0 radical (unpaired) electrons. The van der Waals surface area contributed by atoms with Crippen LogP contribution in [0.2, 0.25) is 0 Å². The molecule has 3 nitrogen and oxygen atoms in total. The second-order valence-electron chi connectivity index (χ2n) is 4.02. The summed E-state index contributed by atoms with van der Waals surface area (Å²) in [6, 6.07) is 5.49. The van der Waals surface area contributed by atoms with Crippen LogP contribution in [0.3, 0.4) is 0 Å². The van der Waals surface area contributed by atoms with Crippen molar-refractivity contribution in [2.45, 2.75) is 33.7 Å². The van der Waals surface area contributed by atoms with Crippen molar-refractivity contribution in [3.05, 3.63) is 29.3 Å². The van der Waals surface area contributed by atoms with Crippen LogP contribution in [-0.4, -0.2) is 23.7 Å². The molecule has 0 heterocycles. The molecule has 1 N–H and O–H groups in total. The van der Waals surface area contributed by atoms with Crippen LogP contribution in [0.4, 0.5) is 5.69 Å². The molecule has 0 aromatic heterocycles. The monoisotopic (exact) mass is 221 g/mol. The zero-order valence-corrected chi connectivity index (χ0v) is 10.3. The van der Waals surface area contributed by atoms with Crippen LogP contribution in [-0.2, 0) is 4.79 Å². The summed E-state index contributed by atoms with van der Waals surface area (Å²) in [5.74, 6) is -0.789. The number of nitrogens with zero attached hydrogens (tertiary/aromatic N) is 1. The van der Waals surface area contributed by atoms with Gasteiger partial charge in [-0.25, -0.2) is 4.79 Å². The second-order valence-corrected chi connectivity index (χ2v) is 4.02. The standard InChI is InChI=1S/C13H19NO2/c1-5-14(11(4)13(15)16)12-8-6-7-9(2)10(12)3/h6-8,11H,5H2,1-4H3,(H,15,16)/t11-/m0/s1. The molecule has 0 fully saturated rings. The molecular formula is C13H19NO2. The van der Waals surface area contributed by atoms with Crippen molar-refractivity contribution in [3.63, 3.8) is 0 Å². The van der Waals surface area contributed by atoms with E-state index in [1.54, 1.807) is 6.92 Å². The minimum absolute atomic E-state index is 0.495. The molecule has 3 heteroatoms. The molecule has 0 unspecified atom stereocenters. The molecule has 0 aliphatic heterocycles. The number of aliphatic carboxylic acids is 1. The number of carboxylic acid groups (broad SMARTS) is 1. The molecule has 0 saturated heterocycles. The molecule has 0 aliphatic carbocycles. The van der Waals surface area contributed by atoms with Crippen LogP contribution >= 0.6 is 0 Å². The van der Waals surface area contributed by atoms with Crippen molar-refractivity contribution in [2.75, 3.05) is 11.4 Å². The van der Waals surface area contributed by atoms with Gasteiger partial charge in [-0.3, -0.25) is 0 Å². The Kier molecular flexibility index (Phi) is 3.93. The number of anilines is 1. The smallest absolute Gasteiger partial charge is 0.326 e. The van der Waals surface area contributed by atoms with Crippen LogP contribution in [0.15, 0.2) is 18.2 Å². The highest BCUT2D eigenvalue weighted by atomic mass is 16.4. The van der Waals surface area contributed by atoms with Gasteiger partial charge >= 0.3 is 5.97 Å². The molecule has 0 amide bonds. The Morgan fingerprint density at radius 2 is 2.06 bits per heavy atom. The van der Waals surface area contributed by atoms with Crippen molar-refractivity contribution < 1.29 is 9.90 Å². The van der Waals surface area contributed by atoms with Gasteiger partial charge in [0.2, 0.25) is 0 Å². The highest BCUT2D eigenvalue weighted by Gasteiger charge is 2.20. The summed E-state index contributed by atoms with van der Waals surface area (Å²) in [5.41, 5.74) is 3.35. The first-order chi connectivity index (χ1) is 7.49. The highest BCUT2D eigenvalue weighted by Crippen LogP contribution is 2.24. The van der Waals surface area contributed by atoms with E-state index in [2.05, 4.69) is 0 Å². The summed E-state index contributed by atoms with van der Waals surface area (Å²) in [6.07, 6.45) is 0. The molecule has 1 atom stereocenters. The van der Waals surface area contributed by atoms with Gasteiger partial charge in [0.25, 0.3) is 0 Å². The molecule has 1 aromatic carbocycles. The number of rotatable bonds is 4. The number of likely N-dealkylation sites (N-methyl/N-ethyl adjacent to an activating group) is 1. The van der Waals surface area contributed by atoms with Crippen molar-refractivity contribution in [3.8, 4) is 0 Å². The lowest BCUT2D eigenvalue weighted by molar-refractivity contribution is -0.138. The molecule has 88 valence electrons. The average Bonchev–Trinajstić information content (AvgIpc) is 2.24. The Labute approximate surface area is 96.7 Å². The van der Waals surface area contributed by atoms with Crippen LogP contribution in [0.1, 0.15) is 25.0 Å². The Morgan fingerprint density at radius 1 is 1.44 bits per heavy atom. The zero-order valence-electron chi connectivity index (χ0n) is 10.3. The maximum Gasteiger partial charge on any atom is 0.326 e. The molecule has 1 rings (SSSR count). The van der Waals surface area contributed by atoms with Gasteiger partial charge < -0.3 is 10.0 Å². The molecule has 0 spiro atoms. The predicted octanol–water partition coefficient (Wildman–Crippen LogP) is 2.60. The van der Waals surface area contributed by atoms with Gasteiger partial charge in [-0.2, -0.15) is 0 Å². The fraction of sp³-hybridized carbons (Fsp3) is 0.462. The summed E-state index contributed by atoms with van der Waals surface area (Å²) >= 11 is 0. The topological polar surface area (TPSA) is 40.5 Å². The van der Waals surface area contributed by atoms with Gasteiger partial charge in [0.1, 0.15) is 6.04 Å². The second kappa shape index (κ2) is 5.01. The Morgan fingerprint density at radius 3 is 2.56 bits per heavy atom. The molecule has 0 aliphatic rings. The summed E-state index contributed by atoms with van der Waals surface area (Å²) in [7, 11) is 0. The third-order valence-electron chi connectivity index (χ3n) is 3.05. The molecule has 0 bridgehead atoms. The van der Waals surface area contributed by atoms with Crippen LogP contribution in [0.5, 0.6) is 0 Å². The van der Waals surface area contributed by atoms with E-state index in [9.17, 15) is 4.79 Å². The number of hydrogen-bond donors (Lipinski definition) is 1. The van der Waals surface area contributed by atoms with E-state index in [0.29, 0.717) is 6.54 Å². The minimum atomic E-state index is -0.789. The molecule has 0 saturated carbocycles. The van der Waals surface area contributed by atoms with E-state index in [-0.39, 0.29) is 0 Å². The van der Waals surface area contributed by atoms with Crippen molar-refractivity contribution in [2.24, 2.45) is 0 Å².